The number of nitrogens with one attached hydrogen (secondary N) is 2. The Morgan fingerprint density at radius 2 is 2.15 bits per heavy atom. The van der Waals surface area contributed by atoms with E-state index in [0.717, 1.165) is 49.3 Å². The second-order valence-electron chi connectivity index (χ2n) is 7.57. The molecule has 2 N–H and O–H groups in total. The minimum atomic E-state index is -0.191. The number of anilines is 1. The molecule has 3 aromatic rings. The summed E-state index contributed by atoms with van der Waals surface area (Å²) in [6.45, 7) is 2.23. The maximum Gasteiger partial charge on any atom is 0.276 e. The molecule has 0 unspecified atom stereocenters. The third-order valence-corrected chi connectivity index (χ3v) is 5.52. The molecule has 1 aromatic carbocycles. The van der Waals surface area contributed by atoms with E-state index in [4.69, 9.17) is 4.74 Å². The predicted octanol–water partition coefficient (Wildman–Crippen LogP) is 2.41. The molecule has 1 spiro atoms. The lowest BCUT2D eigenvalue weighted by Crippen LogP contribution is -2.46. The number of benzene rings is 1. The molecule has 27 heavy (non-hydrogen) atoms. The molecule has 0 bridgehead atoms. The van der Waals surface area contributed by atoms with Crippen LogP contribution < -0.4 is 5.32 Å². The first-order valence-electron chi connectivity index (χ1n) is 9.22. The first kappa shape index (κ1) is 16.3. The fraction of sp³-hybridized carbons (Fsp3) is 0.350. The summed E-state index contributed by atoms with van der Waals surface area (Å²) in [5.74, 6) is -0.191. The highest BCUT2D eigenvalue weighted by Crippen LogP contribution is 2.41. The highest BCUT2D eigenvalue weighted by Gasteiger charge is 2.43. The van der Waals surface area contributed by atoms with Gasteiger partial charge in [-0.25, -0.2) is 0 Å². The van der Waals surface area contributed by atoms with Crippen molar-refractivity contribution in [3.8, 4) is 0 Å². The molecule has 1 aliphatic heterocycles. The van der Waals surface area contributed by atoms with Gasteiger partial charge in [-0.15, -0.1) is 0 Å². The van der Waals surface area contributed by atoms with Crippen molar-refractivity contribution in [2.24, 2.45) is 5.41 Å². The summed E-state index contributed by atoms with van der Waals surface area (Å²) in [5.41, 5.74) is 4.65. The van der Waals surface area contributed by atoms with Crippen molar-refractivity contribution < 1.29 is 9.53 Å². The topological polar surface area (TPSA) is 84.8 Å². The van der Waals surface area contributed by atoms with Crippen molar-refractivity contribution in [3.63, 3.8) is 0 Å². The summed E-state index contributed by atoms with van der Waals surface area (Å²) in [6, 6.07) is 10.1. The first-order chi connectivity index (χ1) is 13.2. The number of rotatable bonds is 4. The van der Waals surface area contributed by atoms with E-state index in [1.54, 1.807) is 6.20 Å². The van der Waals surface area contributed by atoms with Crippen LogP contribution in [-0.2, 0) is 24.1 Å². The van der Waals surface area contributed by atoms with E-state index in [1.165, 1.54) is 0 Å². The SMILES string of the molecule is O=C(Nc1cnn(Cc2ccccc2)c1)c1n[nH]c2c1CC1(CC2)COC1. The zero-order chi connectivity index (χ0) is 18.3. The van der Waals surface area contributed by atoms with Gasteiger partial charge in [-0.2, -0.15) is 10.2 Å². The molecule has 2 aromatic heterocycles. The van der Waals surface area contributed by atoms with Gasteiger partial charge in [0, 0.05) is 22.9 Å². The number of hydrogen-bond acceptors (Lipinski definition) is 4. The number of hydrogen-bond donors (Lipinski definition) is 2. The molecule has 1 aliphatic carbocycles. The van der Waals surface area contributed by atoms with Crippen LogP contribution in [0.2, 0.25) is 0 Å². The number of ether oxygens (including phenoxy) is 1. The van der Waals surface area contributed by atoms with Crippen LogP contribution in [0.15, 0.2) is 42.7 Å². The number of carbonyl (C=O) groups excluding carboxylic acids is 1. The third-order valence-electron chi connectivity index (χ3n) is 5.52. The number of aromatic nitrogens is 4. The van der Waals surface area contributed by atoms with Crippen LogP contribution in [0.4, 0.5) is 5.69 Å². The fourth-order valence-electron chi connectivity index (χ4n) is 3.95. The van der Waals surface area contributed by atoms with Gasteiger partial charge in [-0.05, 0) is 24.8 Å². The molecule has 2 aliphatic rings. The molecule has 0 atom stereocenters. The van der Waals surface area contributed by atoms with Crippen LogP contribution in [0.3, 0.4) is 0 Å². The molecular formula is C20H21N5O2. The lowest BCUT2D eigenvalue weighted by Gasteiger charge is -2.44. The minimum absolute atomic E-state index is 0.191. The lowest BCUT2D eigenvalue weighted by molar-refractivity contribution is -0.119. The van der Waals surface area contributed by atoms with Crippen LogP contribution in [0.5, 0.6) is 0 Å². The number of fused-ring (bicyclic) bond motifs is 1. The zero-order valence-corrected chi connectivity index (χ0v) is 14.9. The monoisotopic (exact) mass is 363 g/mol. The van der Waals surface area contributed by atoms with E-state index in [0.29, 0.717) is 17.9 Å². The Labute approximate surface area is 156 Å². The van der Waals surface area contributed by atoms with Crippen molar-refractivity contribution in [1.82, 2.24) is 20.0 Å². The number of aromatic amines is 1. The zero-order valence-electron chi connectivity index (χ0n) is 14.9. The highest BCUT2D eigenvalue weighted by molar-refractivity contribution is 6.04. The maximum absolute atomic E-state index is 12.8. The van der Waals surface area contributed by atoms with E-state index in [9.17, 15) is 4.79 Å². The van der Waals surface area contributed by atoms with Gasteiger partial charge in [-0.1, -0.05) is 30.3 Å². The van der Waals surface area contributed by atoms with Gasteiger partial charge in [-0.3, -0.25) is 14.6 Å². The third kappa shape index (κ3) is 3.04. The smallest absolute Gasteiger partial charge is 0.276 e. The molecule has 1 amide bonds. The van der Waals surface area contributed by atoms with Crippen LogP contribution in [-0.4, -0.2) is 39.1 Å². The molecule has 3 heterocycles. The molecule has 7 heteroatoms. The molecule has 1 saturated heterocycles. The van der Waals surface area contributed by atoms with Crippen molar-refractivity contribution in [1.29, 1.82) is 0 Å². The summed E-state index contributed by atoms with van der Waals surface area (Å²) < 4.78 is 7.22. The second-order valence-corrected chi connectivity index (χ2v) is 7.57. The standard InChI is InChI=1S/C20H21N5O2/c26-19(18-16-8-20(12-27-13-20)7-6-17(16)23-24-18)22-15-9-21-25(11-15)10-14-4-2-1-3-5-14/h1-5,9,11H,6-8,10,12-13H2,(H,22,26)(H,23,24). The van der Waals surface area contributed by atoms with Crippen LogP contribution in [0.25, 0.3) is 0 Å². The number of amides is 1. The first-order valence-corrected chi connectivity index (χ1v) is 9.22. The number of H-pyrrole nitrogens is 1. The van der Waals surface area contributed by atoms with Crippen molar-refractivity contribution in [2.75, 3.05) is 18.5 Å². The molecule has 0 saturated carbocycles. The van der Waals surface area contributed by atoms with Crippen LogP contribution in [0, 0.1) is 5.41 Å². The van der Waals surface area contributed by atoms with Gasteiger partial charge in [0.15, 0.2) is 5.69 Å². The predicted molar refractivity (Wildman–Crippen MR) is 99.6 cm³/mol. The Bertz CT molecular complexity index is 971. The Balaban J connectivity index is 1.30. The van der Waals surface area contributed by atoms with Gasteiger partial charge < -0.3 is 10.1 Å². The van der Waals surface area contributed by atoms with E-state index in [1.807, 2.05) is 29.1 Å². The maximum atomic E-state index is 12.8. The van der Waals surface area contributed by atoms with Crippen LogP contribution in [0.1, 0.15) is 33.7 Å². The Kier molecular flexibility index (Phi) is 3.82. The summed E-state index contributed by atoms with van der Waals surface area (Å²) in [6.07, 6.45) is 6.38. The summed E-state index contributed by atoms with van der Waals surface area (Å²) in [4.78, 5) is 12.8. The fourth-order valence-corrected chi connectivity index (χ4v) is 3.95. The second kappa shape index (κ2) is 6.35. The molecule has 5 rings (SSSR count). The minimum Gasteiger partial charge on any atom is -0.380 e. The molecule has 1 fully saturated rings. The lowest BCUT2D eigenvalue weighted by atomic mass is 9.71. The van der Waals surface area contributed by atoms with Crippen molar-refractivity contribution in [3.05, 3.63) is 65.2 Å². The number of aryl methyl sites for hydroxylation is 1. The van der Waals surface area contributed by atoms with Gasteiger partial charge in [0.2, 0.25) is 0 Å². The highest BCUT2D eigenvalue weighted by atomic mass is 16.5. The Morgan fingerprint density at radius 1 is 1.30 bits per heavy atom. The van der Waals surface area contributed by atoms with E-state index >= 15 is 0 Å². The van der Waals surface area contributed by atoms with Crippen molar-refractivity contribution >= 4 is 11.6 Å². The van der Waals surface area contributed by atoms with Crippen LogP contribution >= 0.6 is 0 Å². The van der Waals surface area contributed by atoms with E-state index < -0.39 is 0 Å². The normalized spacial score (nSPS) is 17.3. The number of nitrogens with zero attached hydrogens (tertiary/aromatic N) is 3. The quantitative estimate of drug-likeness (QED) is 0.745. The summed E-state index contributed by atoms with van der Waals surface area (Å²) >= 11 is 0. The molecule has 138 valence electrons. The van der Waals surface area contributed by atoms with Gasteiger partial charge in [0.25, 0.3) is 5.91 Å². The van der Waals surface area contributed by atoms with Crippen molar-refractivity contribution in [2.45, 2.75) is 25.8 Å². The van der Waals surface area contributed by atoms with Gasteiger partial charge in [0.1, 0.15) is 0 Å². The molecule has 0 radical (unpaired) electrons. The Morgan fingerprint density at radius 3 is 2.93 bits per heavy atom. The van der Waals surface area contributed by atoms with E-state index in [-0.39, 0.29) is 11.3 Å². The Hall–Kier alpha value is -2.93. The molecule has 7 nitrogen and oxygen atoms in total. The number of carbonyl (C=O) groups is 1. The largest absolute Gasteiger partial charge is 0.380 e. The van der Waals surface area contributed by atoms with Gasteiger partial charge >= 0.3 is 0 Å². The molecular weight excluding hydrogens is 342 g/mol. The van der Waals surface area contributed by atoms with Gasteiger partial charge in [0.05, 0.1) is 31.6 Å². The average molecular weight is 363 g/mol. The average Bonchev–Trinajstić information content (AvgIpc) is 3.27. The summed E-state index contributed by atoms with van der Waals surface area (Å²) in [7, 11) is 0. The van der Waals surface area contributed by atoms with E-state index in [2.05, 4.69) is 32.7 Å². The summed E-state index contributed by atoms with van der Waals surface area (Å²) in [5, 5.41) is 14.6.